The second-order valence-corrected chi connectivity index (χ2v) is 8.34. The van der Waals surface area contributed by atoms with Gasteiger partial charge in [0, 0.05) is 55.4 Å². The molecule has 0 saturated carbocycles. The molecule has 0 amide bonds. The number of imidazole rings is 1. The van der Waals surface area contributed by atoms with E-state index in [4.69, 9.17) is 4.74 Å². The van der Waals surface area contributed by atoms with E-state index in [-0.39, 0.29) is 0 Å². The van der Waals surface area contributed by atoms with Crippen molar-refractivity contribution in [3.8, 4) is 22.2 Å². The average Bonchev–Trinajstić information content (AvgIpc) is 3.42. The molecule has 5 rings (SSSR count). The fourth-order valence-corrected chi connectivity index (χ4v) is 5.14. The molecule has 0 fully saturated rings. The quantitative estimate of drug-likeness (QED) is 0.398. The van der Waals surface area contributed by atoms with E-state index in [0.717, 1.165) is 32.1 Å². The van der Waals surface area contributed by atoms with E-state index in [1.165, 1.54) is 0 Å². The number of fused-ring (bicyclic) bond motifs is 2. The molecule has 0 unspecified atom stereocenters. The van der Waals surface area contributed by atoms with Gasteiger partial charge in [-0.25, -0.2) is 9.78 Å². The molecule has 8 heteroatoms. The van der Waals surface area contributed by atoms with Crippen molar-refractivity contribution in [2.24, 2.45) is 7.05 Å². The Morgan fingerprint density at radius 2 is 2.03 bits per heavy atom. The number of pyridine rings is 1. The normalized spacial score (nSPS) is 11.5. The molecule has 4 aromatic heterocycles. The largest absolute Gasteiger partial charge is 0.478 e. The second kappa shape index (κ2) is 7.24. The molecule has 1 N–H and O–H groups in total. The van der Waals surface area contributed by atoms with Crippen LogP contribution < -0.4 is 4.74 Å². The maximum absolute atomic E-state index is 11.8. The van der Waals surface area contributed by atoms with Gasteiger partial charge in [-0.2, -0.15) is 0 Å². The topological polar surface area (TPSA) is 82.2 Å². The van der Waals surface area contributed by atoms with Crippen LogP contribution in [0.2, 0.25) is 0 Å². The van der Waals surface area contributed by atoms with Crippen molar-refractivity contribution < 1.29 is 14.6 Å². The highest BCUT2D eigenvalue weighted by atomic mass is 32.1. The highest BCUT2D eigenvalue weighted by molar-refractivity contribution is 7.22. The number of nitrogens with zero attached hydrogens (tertiary/aromatic N) is 4. The number of carbonyl (C=O) groups is 1. The number of hydrogen-bond donors (Lipinski definition) is 1. The van der Waals surface area contributed by atoms with Gasteiger partial charge in [-0.15, -0.1) is 11.3 Å². The highest BCUT2D eigenvalue weighted by Crippen LogP contribution is 2.39. The fraction of sp³-hybridized carbons (Fsp3) is 0.174. The van der Waals surface area contributed by atoms with E-state index in [1.54, 1.807) is 23.7 Å². The van der Waals surface area contributed by atoms with Gasteiger partial charge in [-0.05, 0) is 32.0 Å². The van der Waals surface area contributed by atoms with Crippen molar-refractivity contribution in [2.75, 3.05) is 0 Å². The minimum absolute atomic E-state index is 0.340. The van der Waals surface area contributed by atoms with Crippen molar-refractivity contribution in [1.29, 1.82) is 0 Å². The molecule has 156 valence electrons. The van der Waals surface area contributed by atoms with E-state index in [0.29, 0.717) is 29.0 Å². The third kappa shape index (κ3) is 3.07. The van der Waals surface area contributed by atoms with Crippen LogP contribution in [0.4, 0.5) is 0 Å². The number of carboxylic acid groups (broad SMARTS) is 1. The van der Waals surface area contributed by atoms with Crippen LogP contribution in [0.15, 0.2) is 48.9 Å². The number of rotatable bonds is 5. The van der Waals surface area contributed by atoms with Gasteiger partial charge in [0.1, 0.15) is 17.3 Å². The summed E-state index contributed by atoms with van der Waals surface area (Å²) >= 11 is 1.58. The van der Waals surface area contributed by atoms with Crippen molar-refractivity contribution in [1.82, 2.24) is 19.1 Å². The molecule has 7 nitrogen and oxygen atoms in total. The average molecular weight is 433 g/mol. The molecule has 0 aliphatic rings. The summed E-state index contributed by atoms with van der Waals surface area (Å²) in [7, 11) is 1.96. The number of benzene rings is 1. The van der Waals surface area contributed by atoms with E-state index in [9.17, 15) is 9.90 Å². The van der Waals surface area contributed by atoms with Crippen LogP contribution in [-0.4, -0.2) is 30.2 Å². The number of aromatic carboxylic acids is 1. The molecule has 0 aliphatic carbocycles. The summed E-state index contributed by atoms with van der Waals surface area (Å²) < 4.78 is 11.2. The number of hydrogen-bond acceptors (Lipinski definition) is 5. The first kappa shape index (κ1) is 19.3. The van der Waals surface area contributed by atoms with Gasteiger partial charge >= 0.3 is 5.97 Å². The van der Waals surface area contributed by atoms with Gasteiger partial charge in [0.2, 0.25) is 0 Å². The van der Waals surface area contributed by atoms with Crippen LogP contribution in [0.25, 0.3) is 31.8 Å². The van der Waals surface area contributed by atoms with E-state index in [2.05, 4.69) is 9.97 Å². The smallest absolute Gasteiger partial charge is 0.338 e. The summed E-state index contributed by atoms with van der Waals surface area (Å²) in [5.74, 6) is 1.32. The SMILES string of the molecule is CCn1c(C)c(C(=O)O)c2ccc(Oc3ccnc4cc(-c5nccn5C)sc34)cc21. The monoisotopic (exact) mass is 432 g/mol. The predicted octanol–water partition coefficient (Wildman–Crippen LogP) is 5.47. The van der Waals surface area contributed by atoms with Gasteiger partial charge in [-0.1, -0.05) is 0 Å². The summed E-state index contributed by atoms with van der Waals surface area (Å²) in [6, 6.07) is 9.39. The number of thiophene rings is 1. The molecule has 0 bridgehead atoms. The highest BCUT2D eigenvalue weighted by Gasteiger charge is 2.20. The van der Waals surface area contributed by atoms with Crippen molar-refractivity contribution in [3.63, 3.8) is 0 Å². The maximum Gasteiger partial charge on any atom is 0.338 e. The molecule has 5 aromatic rings. The lowest BCUT2D eigenvalue weighted by atomic mass is 10.1. The Labute approximate surface area is 182 Å². The molecule has 0 atom stereocenters. The Morgan fingerprint density at radius 3 is 2.74 bits per heavy atom. The van der Waals surface area contributed by atoms with Crippen LogP contribution in [0, 0.1) is 6.92 Å². The van der Waals surface area contributed by atoms with Crippen LogP contribution in [-0.2, 0) is 13.6 Å². The summed E-state index contributed by atoms with van der Waals surface area (Å²) in [6.07, 6.45) is 5.42. The van der Waals surface area contributed by atoms with E-state index >= 15 is 0 Å². The minimum Gasteiger partial charge on any atom is -0.478 e. The van der Waals surface area contributed by atoms with Crippen LogP contribution in [0.5, 0.6) is 11.5 Å². The first-order valence-corrected chi connectivity index (χ1v) is 10.7. The Morgan fingerprint density at radius 1 is 1.19 bits per heavy atom. The Kier molecular flexibility index (Phi) is 4.51. The molecule has 4 heterocycles. The molecular formula is C23H20N4O3S. The lowest BCUT2D eigenvalue weighted by molar-refractivity contribution is 0.0698. The van der Waals surface area contributed by atoms with Gasteiger partial charge < -0.3 is 19.0 Å². The number of carboxylic acids is 1. The lowest BCUT2D eigenvalue weighted by Gasteiger charge is -2.08. The molecule has 1 aromatic carbocycles. The predicted molar refractivity (Wildman–Crippen MR) is 121 cm³/mol. The number of aromatic nitrogens is 4. The zero-order valence-electron chi connectivity index (χ0n) is 17.3. The summed E-state index contributed by atoms with van der Waals surface area (Å²) in [5.41, 5.74) is 2.78. The zero-order valence-corrected chi connectivity index (χ0v) is 18.1. The summed E-state index contributed by atoms with van der Waals surface area (Å²) in [4.78, 5) is 21.7. The number of aryl methyl sites for hydroxylation is 2. The van der Waals surface area contributed by atoms with Gasteiger partial charge in [0.05, 0.1) is 26.2 Å². The lowest BCUT2D eigenvalue weighted by Crippen LogP contribution is -2.01. The molecular weight excluding hydrogens is 412 g/mol. The van der Waals surface area contributed by atoms with Crippen molar-refractivity contribution in [3.05, 3.63) is 60.2 Å². The minimum atomic E-state index is -0.917. The van der Waals surface area contributed by atoms with E-state index < -0.39 is 5.97 Å². The van der Waals surface area contributed by atoms with Gasteiger partial charge in [0.25, 0.3) is 0 Å². The van der Waals surface area contributed by atoms with Crippen LogP contribution in [0.3, 0.4) is 0 Å². The van der Waals surface area contributed by atoms with Gasteiger partial charge in [0.15, 0.2) is 0 Å². The molecule has 0 spiro atoms. The third-order valence-electron chi connectivity index (χ3n) is 5.47. The third-order valence-corrected chi connectivity index (χ3v) is 6.61. The van der Waals surface area contributed by atoms with E-state index in [1.807, 2.05) is 66.6 Å². The molecule has 0 radical (unpaired) electrons. The molecule has 0 aliphatic heterocycles. The van der Waals surface area contributed by atoms with Crippen LogP contribution >= 0.6 is 11.3 Å². The maximum atomic E-state index is 11.8. The first-order valence-electron chi connectivity index (χ1n) is 9.88. The van der Waals surface area contributed by atoms with Crippen LogP contribution in [0.1, 0.15) is 23.0 Å². The Bertz CT molecular complexity index is 1460. The van der Waals surface area contributed by atoms with Crippen molar-refractivity contribution in [2.45, 2.75) is 20.4 Å². The Hall–Kier alpha value is -3.65. The summed E-state index contributed by atoms with van der Waals surface area (Å²) in [5, 5.41) is 10.4. The Balaban J connectivity index is 1.59. The fourth-order valence-electron chi connectivity index (χ4n) is 4.03. The molecule has 0 saturated heterocycles. The zero-order chi connectivity index (χ0) is 21.7. The second-order valence-electron chi connectivity index (χ2n) is 7.29. The number of ether oxygens (including phenoxy) is 1. The molecule has 31 heavy (non-hydrogen) atoms. The standard InChI is InChI=1S/C23H20N4O3S/c1-4-27-13(2)20(23(28)29)15-6-5-14(11-17(15)27)30-18-7-8-24-16-12-19(31-21(16)18)22-25-9-10-26(22)3/h5-12H,4H2,1-3H3,(H,28,29). The van der Waals surface area contributed by atoms with Crippen molar-refractivity contribution >= 4 is 38.4 Å². The van der Waals surface area contributed by atoms with Gasteiger partial charge in [-0.3, -0.25) is 4.98 Å². The first-order chi connectivity index (χ1) is 15.0. The summed E-state index contributed by atoms with van der Waals surface area (Å²) in [6.45, 7) is 4.52.